The molecule has 0 fully saturated rings. The number of benzene rings is 1. The molecule has 0 saturated heterocycles. The minimum absolute atomic E-state index is 0.0404. The van der Waals surface area contributed by atoms with Gasteiger partial charge in [0.2, 0.25) is 0 Å². The quantitative estimate of drug-likeness (QED) is 0.834. The number of nitrogens with zero attached hydrogens (tertiary/aromatic N) is 2. The smallest absolute Gasteiger partial charge is 0.303 e. The number of terminal acetylenes is 1. The zero-order chi connectivity index (χ0) is 14.5. The van der Waals surface area contributed by atoms with Gasteiger partial charge in [-0.15, -0.1) is 6.42 Å². The third-order valence-electron chi connectivity index (χ3n) is 2.98. The molecule has 2 aromatic rings. The minimum Gasteiger partial charge on any atom is -0.481 e. The molecule has 1 heterocycles. The van der Waals surface area contributed by atoms with Crippen molar-refractivity contribution in [2.45, 2.75) is 25.8 Å². The number of aliphatic carboxylic acids is 1. The Morgan fingerprint density at radius 2 is 2.15 bits per heavy atom. The SMILES string of the molecule is C#CCn1c(CCCC(=O)O)nc2ccccc2c1=O. The lowest BCUT2D eigenvalue weighted by Gasteiger charge is -2.10. The number of rotatable bonds is 5. The molecule has 5 heteroatoms. The number of carboxylic acid groups (broad SMARTS) is 1. The summed E-state index contributed by atoms with van der Waals surface area (Å²) in [6, 6.07) is 7.05. The molecule has 0 atom stereocenters. The molecule has 0 amide bonds. The molecular formula is C15H14N2O3. The number of carboxylic acids is 1. The third kappa shape index (κ3) is 2.86. The van der Waals surface area contributed by atoms with Crippen molar-refractivity contribution in [2.75, 3.05) is 0 Å². The van der Waals surface area contributed by atoms with Gasteiger partial charge in [0.15, 0.2) is 0 Å². The van der Waals surface area contributed by atoms with Crippen molar-refractivity contribution in [2.24, 2.45) is 0 Å². The molecule has 0 aliphatic carbocycles. The number of hydrogen-bond acceptors (Lipinski definition) is 3. The summed E-state index contributed by atoms with van der Waals surface area (Å²) in [4.78, 5) is 27.3. The standard InChI is InChI=1S/C15H14N2O3/c1-2-10-17-13(8-5-9-14(18)19)16-12-7-4-3-6-11(12)15(17)20/h1,3-4,6-7H,5,8-10H2,(H,18,19). The highest BCUT2D eigenvalue weighted by Crippen LogP contribution is 2.10. The Bertz CT molecular complexity index is 741. The number of aromatic nitrogens is 2. The predicted octanol–water partition coefficient (Wildman–Crippen LogP) is 1.44. The van der Waals surface area contributed by atoms with Gasteiger partial charge in [-0.3, -0.25) is 14.2 Å². The van der Waals surface area contributed by atoms with Gasteiger partial charge in [0, 0.05) is 12.8 Å². The topological polar surface area (TPSA) is 72.2 Å². The van der Waals surface area contributed by atoms with Crippen LogP contribution in [0.25, 0.3) is 10.9 Å². The molecule has 5 nitrogen and oxygen atoms in total. The molecule has 0 unspecified atom stereocenters. The van der Waals surface area contributed by atoms with E-state index in [2.05, 4.69) is 10.9 Å². The highest BCUT2D eigenvalue weighted by atomic mass is 16.4. The largest absolute Gasteiger partial charge is 0.481 e. The number of carbonyl (C=O) groups is 1. The average Bonchev–Trinajstić information content (AvgIpc) is 2.42. The monoisotopic (exact) mass is 270 g/mol. The van der Waals surface area contributed by atoms with E-state index in [9.17, 15) is 9.59 Å². The second-order valence-electron chi connectivity index (χ2n) is 4.39. The third-order valence-corrected chi connectivity index (χ3v) is 2.98. The van der Waals surface area contributed by atoms with Crippen LogP contribution in [0.15, 0.2) is 29.1 Å². The summed E-state index contributed by atoms with van der Waals surface area (Å²) in [7, 11) is 0. The summed E-state index contributed by atoms with van der Waals surface area (Å²) in [5.74, 6) is 2.11. The molecule has 0 bridgehead atoms. The Kier molecular flexibility index (Phi) is 4.16. The number of hydrogen-bond donors (Lipinski definition) is 1. The van der Waals surface area contributed by atoms with E-state index in [0.29, 0.717) is 29.6 Å². The normalized spacial score (nSPS) is 10.3. The Balaban J connectivity index is 2.46. The summed E-state index contributed by atoms with van der Waals surface area (Å²) in [5.41, 5.74) is 0.426. The van der Waals surface area contributed by atoms with Crippen molar-refractivity contribution in [3.05, 3.63) is 40.4 Å². The van der Waals surface area contributed by atoms with Gasteiger partial charge < -0.3 is 5.11 Å². The first-order valence-electron chi connectivity index (χ1n) is 6.27. The van der Waals surface area contributed by atoms with Crippen LogP contribution in [0, 0.1) is 12.3 Å². The van der Waals surface area contributed by atoms with Crippen LogP contribution in [0.2, 0.25) is 0 Å². The Morgan fingerprint density at radius 3 is 2.85 bits per heavy atom. The summed E-state index contributed by atoms with van der Waals surface area (Å²) < 4.78 is 1.43. The van der Waals surface area contributed by atoms with Crippen LogP contribution in [-0.4, -0.2) is 20.6 Å². The van der Waals surface area contributed by atoms with E-state index in [4.69, 9.17) is 11.5 Å². The van der Waals surface area contributed by atoms with Crippen LogP contribution in [0.4, 0.5) is 0 Å². The van der Waals surface area contributed by atoms with Crippen LogP contribution >= 0.6 is 0 Å². The zero-order valence-electron chi connectivity index (χ0n) is 10.9. The van der Waals surface area contributed by atoms with Crippen LogP contribution in [0.3, 0.4) is 0 Å². The van der Waals surface area contributed by atoms with E-state index in [-0.39, 0.29) is 18.5 Å². The fourth-order valence-electron chi connectivity index (χ4n) is 2.06. The molecule has 2 rings (SSSR count). The van der Waals surface area contributed by atoms with Gasteiger partial charge in [-0.05, 0) is 18.6 Å². The molecule has 0 radical (unpaired) electrons. The first-order chi connectivity index (χ1) is 9.63. The average molecular weight is 270 g/mol. The maximum atomic E-state index is 12.3. The first kappa shape index (κ1) is 13.8. The fourth-order valence-corrected chi connectivity index (χ4v) is 2.06. The van der Waals surface area contributed by atoms with E-state index in [1.54, 1.807) is 24.3 Å². The lowest BCUT2D eigenvalue weighted by atomic mass is 10.2. The van der Waals surface area contributed by atoms with E-state index < -0.39 is 5.97 Å². The van der Waals surface area contributed by atoms with Gasteiger partial charge in [-0.2, -0.15) is 0 Å². The lowest BCUT2D eigenvalue weighted by Crippen LogP contribution is -2.25. The van der Waals surface area contributed by atoms with Crippen LogP contribution in [0.5, 0.6) is 0 Å². The lowest BCUT2D eigenvalue weighted by molar-refractivity contribution is -0.137. The molecule has 0 spiro atoms. The van der Waals surface area contributed by atoms with E-state index >= 15 is 0 Å². The number of para-hydroxylation sites is 1. The van der Waals surface area contributed by atoms with Crippen LogP contribution in [-0.2, 0) is 17.8 Å². The van der Waals surface area contributed by atoms with Gasteiger partial charge in [0.25, 0.3) is 5.56 Å². The maximum absolute atomic E-state index is 12.3. The first-order valence-corrected chi connectivity index (χ1v) is 6.27. The summed E-state index contributed by atoms with van der Waals surface area (Å²) in [5, 5.41) is 9.19. The van der Waals surface area contributed by atoms with Gasteiger partial charge in [0.05, 0.1) is 17.4 Å². The van der Waals surface area contributed by atoms with Gasteiger partial charge >= 0.3 is 5.97 Å². The highest BCUT2D eigenvalue weighted by Gasteiger charge is 2.10. The highest BCUT2D eigenvalue weighted by molar-refractivity contribution is 5.77. The van der Waals surface area contributed by atoms with E-state index in [1.165, 1.54) is 4.57 Å². The van der Waals surface area contributed by atoms with Crippen molar-refractivity contribution in [1.29, 1.82) is 0 Å². The molecule has 102 valence electrons. The van der Waals surface area contributed by atoms with Crippen LogP contribution < -0.4 is 5.56 Å². The van der Waals surface area contributed by atoms with Gasteiger partial charge in [-0.1, -0.05) is 18.1 Å². The molecule has 1 aromatic heterocycles. The Labute approximate surface area is 115 Å². The van der Waals surface area contributed by atoms with Gasteiger partial charge in [-0.25, -0.2) is 4.98 Å². The summed E-state index contributed by atoms with van der Waals surface area (Å²) in [6.45, 7) is 0.138. The molecule has 0 saturated carbocycles. The number of fused-ring (bicyclic) bond motifs is 1. The van der Waals surface area contributed by atoms with E-state index in [1.807, 2.05) is 0 Å². The minimum atomic E-state index is -0.864. The second kappa shape index (κ2) is 6.02. The van der Waals surface area contributed by atoms with Crippen LogP contribution in [0.1, 0.15) is 18.7 Å². The molecule has 20 heavy (non-hydrogen) atoms. The molecule has 0 aliphatic heterocycles. The predicted molar refractivity (Wildman–Crippen MR) is 75.4 cm³/mol. The molecule has 0 aliphatic rings. The van der Waals surface area contributed by atoms with Gasteiger partial charge in [0.1, 0.15) is 5.82 Å². The van der Waals surface area contributed by atoms with Crippen molar-refractivity contribution >= 4 is 16.9 Å². The second-order valence-corrected chi connectivity index (χ2v) is 4.39. The maximum Gasteiger partial charge on any atom is 0.303 e. The van der Waals surface area contributed by atoms with E-state index in [0.717, 1.165) is 0 Å². The summed E-state index contributed by atoms with van der Waals surface area (Å²) >= 11 is 0. The van der Waals surface area contributed by atoms with Crippen molar-refractivity contribution in [3.8, 4) is 12.3 Å². The van der Waals surface area contributed by atoms with Crippen molar-refractivity contribution in [1.82, 2.24) is 9.55 Å². The number of aryl methyl sites for hydroxylation is 1. The molecule has 1 aromatic carbocycles. The molecular weight excluding hydrogens is 256 g/mol. The fraction of sp³-hybridized carbons (Fsp3) is 0.267. The summed E-state index contributed by atoms with van der Waals surface area (Å²) in [6.07, 6.45) is 6.16. The van der Waals surface area contributed by atoms with Crippen molar-refractivity contribution < 1.29 is 9.90 Å². The molecule has 1 N–H and O–H groups in total. The Hall–Kier alpha value is -2.61. The zero-order valence-corrected chi connectivity index (χ0v) is 10.9. The van der Waals surface area contributed by atoms with Crippen molar-refractivity contribution in [3.63, 3.8) is 0 Å². The Morgan fingerprint density at radius 1 is 1.40 bits per heavy atom.